The van der Waals surface area contributed by atoms with Crippen molar-refractivity contribution in [1.82, 2.24) is 4.90 Å². The van der Waals surface area contributed by atoms with Crippen molar-refractivity contribution in [3.63, 3.8) is 0 Å². The topological polar surface area (TPSA) is 75.4 Å². The van der Waals surface area contributed by atoms with Gasteiger partial charge in [0.1, 0.15) is 0 Å². The highest BCUT2D eigenvalue weighted by Crippen LogP contribution is 2.20. The number of hydrogen-bond acceptors (Lipinski definition) is 3. The Kier molecular flexibility index (Phi) is 5.19. The Balaban J connectivity index is 1.95. The maximum Gasteiger partial charge on any atom is 0.241 e. The molecule has 0 unspecified atom stereocenters. The molecule has 0 aromatic heterocycles. The number of primary amides is 1. The first-order valence-corrected chi connectivity index (χ1v) is 7.80. The minimum absolute atomic E-state index is 0.00812. The third kappa shape index (κ3) is 3.85. The van der Waals surface area contributed by atoms with E-state index in [2.05, 4.69) is 10.2 Å². The van der Waals surface area contributed by atoms with Crippen LogP contribution < -0.4 is 11.1 Å². The lowest BCUT2D eigenvalue weighted by molar-refractivity contribution is -0.124. The third-order valence-electron chi connectivity index (χ3n) is 4.51. The minimum Gasteiger partial charge on any atom is -0.369 e. The van der Waals surface area contributed by atoms with Crippen LogP contribution in [0.2, 0.25) is 0 Å². The number of benzene rings is 1. The Morgan fingerprint density at radius 1 is 1.27 bits per heavy atom. The van der Waals surface area contributed by atoms with E-state index in [-0.39, 0.29) is 23.8 Å². The summed E-state index contributed by atoms with van der Waals surface area (Å²) in [6.07, 6.45) is 1.47. The number of piperidine rings is 1. The van der Waals surface area contributed by atoms with Crippen molar-refractivity contribution in [3.8, 4) is 0 Å². The van der Waals surface area contributed by atoms with Gasteiger partial charge >= 0.3 is 0 Å². The highest BCUT2D eigenvalue weighted by atomic mass is 16.2. The van der Waals surface area contributed by atoms with Crippen molar-refractivity contribution in [3.05, 3.63) is 29.3 Å². The smallest absolute Gasteiger partial charge is 0.241 e. The maximum absolute atomic E-state index is 12.4. The molecule has 1 atom stereocenters. The van der Waals surface area contributed by atoms with Crippen molar-refractivity contribution in [2.45, 2.75) is 39.7 Å². The summed E-state index contributed by atoms with van der Waals surface area (Å²) in [5, 5.41) is 3.01. The van der Waals surface area contributed by atoms with Crippen LogP contribution in [-0.4, -0.2) is 35.8 Å². The molecule has 1 aliphatic heterocycles. The largest absolute Gasteiger partial charge is 0.369 e. The van der Waals surface area contributed by atoms with Gasteiger partial charge in [0.05, 0.1) is 6.04 Å². The van der Waals surface area contributed by atoms with Gasteiger partial charge in [0.25, 0.3) is 0 Å². The molecule has 1 aliphatic rings. The normalized spacial score (nSPS) is 18.0. The second kappa shape index (κ2) is 6.92. The second-order valence-electron chi connectivity index (χ2n) is 6.20. The fraction of sp³-hybridized carbons (Fsp3) is 0.529. The number of anilines is 1. The van der Waals surface area contributed by atoms with E-state index in [1.165, 1.54) is 0 Å². The number of likely N-dealkylation sites (tertiary alicyclic amines) is 1. The zero-order chi connectivity index (χ0) is 16.3. The van der Waals surface area contributed by atoms with Crippen LogP contribution in [-0.2, 0) is 9.59 Å². The van der Waals surface area contributed by atoms with Gasteiger partial charge in [0, 0.05) is 11.6 Å². The number of amides is 2. The summed E-state index contributed by atoms with van der Waals surface area (Å²) in [5.41, 5.74) is 8.38. The molecule has 3 N–H and O–H groups in total. The van der Waals surface area contributed by atoms with E-state index in [9.17, 15) is 9.59 Å². The number of nitrogens with one attached hydrogen (secondary N) is 1. The van der Waals surface area contributed by atoms with E-state index in [1.54, 1.807) is 0 Å². The Hall–Kier alpha value is -1.88. The van der Waals surface area contributed by atoms with Crippen LogP contribution in [0.1, 0.15) is 30.9 Å². The van der Waals surface area contributed by atoms with Crippen LogP contribution in [0.4, 0.5) is 5.69 Å². The number of hydrogen-bond donors (Lipinski definition) is 2. The van der Waals surface area contributed by atoms with Crippen LogP contribution >= 0.6 is 0 Å². The molecule has 1 aromatic rings. The zero-order valence-electron chi connectivity index (χ0n) is 13.6. The van der Waals surface area contributed by atoms with Crippen LogP contribution in [0.25, 0.3) is 0 Å². The number of aryl methyl sites for hydroxylation is 2. The molecule has 2 amide bonds. The lowest BCUT2D eigenvalue weighted by Gasteiger charge is -2.34. The van der Waals surface area contributed by atoms with Crippen LogP contribution in [0, 0.1) is 19.8 Å². The fourth-order valence-corrected chi connectivity index (χ4v) is 2.84. The first-order valence-electron chi connectivity index (χ1n) is 7.80. The van der Waals surface area contributed by atoms with Gasteiger partial charge in [-0.1, -0.05) is 12.1 Å². The second-order valence-corrected chi connectivity index (χ2v) is 6.20. The number of carbonyl (C=O) groups is 2. The standard InChI is InChI=1S/C17H25N3O2/c1-11-4-5-12(2)15(10-11)19-17(22)13(3)20-8-6-14(7-9-20)16(18)21/h4-5,10,13-14H,6-9H2,1-3H3,(H2,18,21)(H,19,22)/t13-/m1/s1. The molecule has 0 radical (unpaired) electrons. The van der Waals surface area contributed by atoms with Gasteiger partial charge in [-0.05, 0) is 63.9 Å². The molecule has 1 saturated heterocycles. The van der Waals surface area contributed by atoms with Crippen molar-refractivity contribution in [2.75, 3.05) is 18.4 Å². The van der Waals surface area contributed by atoms with Gasteiger partial charge < -0.3 is 11.1 Å². The minimum atomic E-state index is -0.229. The number of rotatable bonds is 4. The van der Waals surface area contributed by atoms with E-state index < -0.39 is 0 Å². The predicted molar refractivity (Wildman–Crippen MR) is 87.5 cm³/mol. The third-order valence-corrected chi connectivity index (χ3v) is 4.51. The molecular weight excluding hydrogens is 278 g/mol. The van der Waals surface area contributed by atoms with Crippen molar-refractivity contribution >= 4 is 17.5 Å². The molecule has 5 nitrogen and oxygen atoms in total. The number of carbonyl (C=O) groups excluding carboxylic acids is 2. The quantitative estimate of drug-likeness (QED) is 0.891. The van der Waals surface area contributed by atoms with Crippen LogP contribution in [0.5, 0.6) is 0 Å². The van der Waals surface area contributed by atoms with Crippen molar-refractivity contribution < 1.29 is 9.59 Å². The van der Waals surface area contributed by atoms with Crippen molar-refractivity contribution in [1.29, 1.82) is 0 Å². The van der Waals surface area contributed by atoms with Crippen LogP contribution in [0.15, 0.2) is 18.2 Å². The first-order chi connectivity index (χ1) is 10.4. The molecule has 1 fully saturated rings. The SMILES string of the molecule is Cc1ccc(C)c(NC(=O)[C@@H](C)N2CCC(C(N)=O)CC2)c1. The van der Waals surface area contributed by atoms with Crippen LogP contribution in [0.3, 0.4) is 0 Å². The number of nitrogens with zero attached hydrogens (tertiary/aromatic N) is 1. The van der Waals surface area contributed by atoms with E-state index in [1.807, 2.05) is 39.0 Å². The van der Waals surface area contributed by atoms with Gasteiger partial charge in [0.2, 0.25) is 11.8 Å². The zero-order valence-corrected chi connectivity index (χ0v) is 13.6. The molecule has 5 heteroatoms. The van der Waals surface area contributed by atoms with E-state index in [0.717, 1.165) is 42.7 Å². The van der Waals surface area contributed by atoms with E-state index in [0.29, 0.717) is 0 Å². The Morgan fingerprint density at radius 2 is 1.91 bits per heavy atom. The van der Waals surface area contributed by atoms with Gasteiger partial charge in [0.15, 0.2) is 0 Å². The molecule has 0 spiro atoms. The lowest BCUT2D eigenvalue weighted by Crippen LogP contribution is -2.47. The molecule has 0 bridgehead atoms. The van der Waals surface area contributed by atoms with Gasteiger partial charge in [-0.3, -0.25) is 14.5 Å². The highest BCUT2D eigenvalue weighted by molar-refractivity contribution is 5.95. The summed E-state index contributed by atoms with van der Waals surface area (Å²) in [4.78, 5) is 25.8. The van der Waals surface area contributed by atoms with Gasteiger partial charge in [-0.25, -0.2) is 0 Å². The summed E-state index contributed by atoms with van der Waals surface area (Å²) in [6.45, 7) is 7.36. The van der Waals surface area contributed by atoms with E-state index >= 15 is 0 Å². The molecule has 0 saturated carbocycles. The fourth-order valence-electron chi connectivity index (χ4n) is 2.84. The Bertz CT molecular complexity index is 563. The lowest BCUT2D eigenvalue weighted by atomic mass is 9.95. The molecule has 1 heterocycles. The summed E-state index contributed by atoms with van der Waals surface area (Å²) in [7, 11) is 0. The molecule has 0 aliphatic carbocycles. The molecule has 1 aromatic carbocycles. The Morgan fingerprint density at radius 3 is 2.50 bits per heavy atom. The Labute approximate surface area is 131 Å². The monoisotopic (exact) mass is 303 g/mol. The molecule has 2 rings (SSSR count). The average molecular weight is 303 g/mol. The summed E-state index contributed by atoms with van der Waals surface area (Å²) < 4.78 is 0. The summed E-state index contributed by atoms with van der Waals surface area (Å²) in [5.74, 6) is -0.288. The average Bonchev–Trinajstić information content (AvgIpc) is 2.50. The van der Waals surface area contributed by atoms with Gasteiger partial charge in [-0.15, -0.1) is 0 Å². The molecule has 120 valence electrons. The number of nitrogens with two attached hydrogens (primary N) is 1. The summed E-state index contributed by atoms with van der Waals surface area (Å²) in [6, 6.07) is 5.81. The maximum atomic E-state index is 12.4. The van der Waals surface area contributed by atoms with E-state index in [4.69, 9.17) is 5.73 Å². The predicted octanol–water partition coefficient (Wildman–Crippen LogP) is 1.83. The first kappa shape index (κ1) is 16.5. The highest BCUT2D eigenvalue weighted by Gasteiger charge is 2.28. The van der Waals surface area contributed by atoms with Gasteiger partial charge in [-0.2, -0.15) is 0 Å². The molecule has 22 heavy (non-hydrogen) atoms. The molecular formula is C17H25N3O2. The van der Waals surface area contributed by atoms with Crippen molar-refractivity contribution in [2.24, 2.45) is 11.7 Å². The summed E-state index contributed by atoms with van der Waals surface area (Å²) >= 11 is 0.